The maximum absolute atomic E-state index is 2.55. The smallest absolute Gasteiger partial charge is 0.0725 e. The van der Waals surface area contributed by atoms with Crippen molar-refractivity contribution in [3.8, 4) is 33.4 Å². The standard InChI is InChI=1S/C55H35N/c1-3-16-37(17-4-1)56(38-18-5-2-6-19-38)39-32-30-36(31-33-39)40-26-15-29-52-54(40)46-25-12-14-28-51(46)55(52)50-27-13-11-24-45(50)49-34-47-43-22-9-7-20-41(43)42-21-8-10-23-44(42)48(47)35-53(49)55/h1-35H. The summed E-state index contributed by atoms with van der Waals surface area (Å²) in [6.45, 7) is 0. The van der Waals surface area contributed by atoms with Crippen molar-refractivity contribution < 1.29 is 0 Å². The van der Waals surface area contributed by atoms with Gasteiger partial charge in [0.05, 0.1) is 5.41 Å². The van der Waals surface area contributed by atoms with Gasteiger partial charge in [-0.1, -0.05) is 164 Å². The summed E-state index contributed by atoms with van der Waals surface area (Å²) in [5, 5.41) is 7.83. The fourth-order valence-electron chi connectivity index (χ4n) is 10.2. The quantitative estimate of drug-likeness (QED) is 0.164. The number of anilines is 3. The summed E-state index contributed by atoms with van der Waals surface area (Å²) in [6, 6.07) is 78.6. The lowest BCUT2D eigenvalue weighted by molar-refractivity contribution is 0.795. The first-order valence-corrected chi connectivity index (χ1v) is 19.5. The molecule has 56 heavy (non-hydrogen) atoms. The van der Waals surface area contributed by atoms with Crippen LogP contribution in [0.4, 0.5) is 17.1 Å². The largest absolute Gasteiger partial charge is 0.311 e. The van der Waals surface area contributed by atoms with Crippen molar-refractivity contribution in [2.75, 3.05) is 4.90 Å². The molecule has 0 saturated heterocycles. The summed E-state index contributed by atoms with van der Waals surface area (Å²) < 4.78 is 0. The van der Waals surface area contributed by atoms with E-state index in [1.807, 2.05) is 0 Å². The van der Waals surface area contributed by atoms with Gasteiger partial charge in [0.2, 0.25) is 0 Å². The molecule has 1 nitrogen and oxygen atoms in total. The van der Waals surface area contributed by atoms with Crippen LogP contribution in [0.5, 0.6) is 0 Å². The molecule has 0 saturated carbocycles. The first kappa shape index (κ1) is 31.2. The predicted molar refractivity (Wildman–Crippen MR) is 235 cm³/mol. The molecular weight excluding hydrogens is 675 g/mol. The Morgan fingerprint density at radius 2 is 0.714 bits per heavy atom. The number of hydrogen-bond acceptors (Lipinski definition) is 1. The molecule has 0 fully saturated rings. The molecular formula is C55H35N. The zero-order valence-electron chi connectivity index (χ0n) is 30.7. The second-order valence-corrected chi connectivity index (χ2v) is 15.2. The lowest BCUT2D eigenvalue weighted by atomic mass is 9.70. The van der Waals surface area contributed by atoms with Gasteiger partial charge in [0.15, 0.2) is 0 Å². The number of para-hydroxylation sites is 2. The van der Waals surface area contributed by atoms with Gasteiger partial charge in [-0.05, 0) is 136 Å². The molecule has 1 atom stereocenters. The van der Waals surface area contributed by atoms with E-state index >= 15 is 0 Å². The van der Waals surface area contributed by atoms with Crippen LogP contribution < -0.4 is 4.90 Å². The highest BCUT2D eigenvalue weighted by Crippen LogP contribution is 2.64. The maximum atomic E-state index is 2.55. The van der Waals surface area contributed by atoms with Crippen molar-refractivity contribution >= 4 is 49.4 Å². The van der Waals surface area contributed by atoms with E-state index in [1.165, 1.54) is 88.0 Å². The molecule has 0 aliphatic heterocycles. The Kier molecular flexibility index (Phi) is 6.62. The highest BCUT2D eigenvalue weighted by molar-refractivity contribution is 6.26. The molecule has 0 aromatic heterocycles. The van der Waals surface area contributed by atoms with Gasteiger partial charge in [0, 0.05) is 17.1 Å². The van der Waals surface area contributed by atoms with Gasteiger partial charge in [0.1, 0.15) is 0 Å². The highest BCUT2D eigenvalue weighted by Gasteiger charge is 2.52. The lowest BCUT2D eigenvalue weighted by Crippen LogP contribution is -2.25. The van der Waals surface area contributed by atoms with Crippen molar-refractivity contribution in [2.45, 2.75) is 5.41 Å². The van der Waals surface area contributed by atoms with Gasteiger partial charge >= 0.3 is 0 Å². The number of rotatable bonds is 4. The van der Waals surface area contributed by atoms with Gasteiger partial charge < -0.3 is 4.90 Å². The Labute approximate surface area is 326 Å². The monoisotopic (exact) mass is 709 g/mol. The molecule has 260 valence electrons. The minimum atomic E-state index is -0.452. The van der Waals surface area contributed by atoms with Crippen LogP contribution in [0.15, 0.2) is 212 Å². The van der Waals surface area contributed by atoms with Crippen molar-refractivity contribution in [3.63, 3.8) is 0 Å². The van der Waals surface area contributed by atoms with Crippen LogP contribution in [0, 0.1) is 0 Å². The highest BCUT2D eigenvalue weighted by atomic mass is 15.1. The van der Waals surface area contributed by atoms with Gasteiger partial charge in [0.25, 0.3) is 0 Å². The van der Waals surface area contributed by atoms with Crippen LogP contribution in [-0.2, 0) is 5.41 Å². The molecule has 12 rings (SSSR count). The molecule has 0 radical (unpaired) electrons. The number of benzene rings is 10. The second-order valence-electron chi connectivity index (χ2n) is 15.2. The van der Waals surface area contributed by atoms with E-state index < -0.39 is 5.41 Å². The second kappa shape index (κ2) is 11.9. The molecule has 10 aromatic rings. The van der Waals surface area contributed by atoms with Crippen molar-refractivity contribution in [3.05, 3.63) is 235 Å². The number of nitrogens with zero attached hydrogens (tertiary/aromatic N) is 1. The van der Waals surface area contributed by atoms with Crippen molar-refractivity contribution in [2.24, 2.45) is 0 Å². The third-order valence-corrected chi connectivity index (χ3v) is 12.4. The minimum absolute atomic E-state index is 0.452. The molecule has 0 bridgehead atoms. The summed E-state index contributed by atoms with van der Waals surface area (Å²) in [6.07, 6.45) is 0. The topological polar surface area (TPSA) is 3.24 Å². The molecule has 1 heteroatoms. The summed E-state index contributed by atoms with van der Waals surface area (Å²) in [5.74, 6) is 0. The third-order valence-electron chi connectivity index (χ3n) is 12.4. The zero-order chi connectivity index (χ0) is 36.8. The fourth-order valence-corrected chi connectivity index (χ4v) is 10.2. The lowest BCUT2D eigenvalue weighted by Gasteiger charge is -2.31. The van der Waals surface area contributed by atoms with E-state index in [0.29, 0.717) is 0 Å². The molecule has 0 amide bonds. The predicted octanol–water partition coefficient (Wildman–Crippen LogP) is 14.6. The fraction of sp³-hybridized carbons (Fsp3) is 0.0182. The normalized spacial score (nSPS) is 14.9. The molecule has 1 spiro atoms. The first-order chi connectivity index (χ1) is 27.8. The zero-order valence-corrected chi connectivity index (χ0v) is 30.7. The minimum Gasteiger partial charge on any atom is -0.311 e. The van der Waals surface area contributed by atoms with E-state index in [0.717, 1.165) is 17.1 Å². The van der Waals surface area contributed by atoms with E-state index in [4.69, 9.17) is 0 Å². The van der Waals surface area contributed by atoms with E-state index in [1.54, 1.807) is 0 Å². The number of fused-ring (bicyclic) bond motifs is 16. The van der Waals surface area contributed by atoms with Crippen LogP contribution in [0.2, 0.25) is 0 Å². The Morgan fingerprint density at radius 3 is 1.34 bits per heavy atom. The molecule has 2 aliphatic rings. The Morgan fingerprint density at radius 1 is 0.268 bits per heavy atom. The van der Waals surface area contributed by atoms with E-state index in [-0.39, 0.29) is 0 Å². The Bertz CT molecular complexity index is 3140. The van der Waals surface area contributed by atoms with E-state index in [9.17, 15) is 0 Å². The number of hydrogen-bond donors (Lipinski definition) is 0. The first-order valence-electron chi connectivity index (χ1n) is 19.5. The SMILES string of the molecule is c1ccc(N(c2ccccc2)c2ccc(-c3cccc4c3-c3ccccc3C43c4ccccc4-c4cc5c6ccccc6c6ccccc6c5cc43)cc2)cc1. The maximum Gasteiger partial charge on any atom is 0.0725 e. The third kappa shape index (κ3) is 4.20. The van der Waals surface area contributed by atoms with Crippen molar-refractivity contribution in [1.82, 2.24) is 0 Å². The van der Waals surface area contributed by atoms with Gasteiger partial charge in [-0.3, -0.25) is 0 Å². The van der Waals surface area contributed by atoms with Crippen LogP contribution in [0.25, 0.3) is 65.7 Å². The van der Waals surface area contributed by atoms with Crippen LogP contribution in [-0.4, -0.2) is 0 Å². The Hall–Kier alpha value is -7.22. The van der Waals surface area contributed by atoms with Gasteiger partial charge in [-0.15, -0.1) is 0 Å². The van der Waals surface area contributed by atoms with Crippen LogP contribution in [0.3, 0.4) is 0 Å². The summed E-state index contributed by atoms with van der Waals surface area (Å²) >= 11 is 0. The van der Waals surface area contributed by atoms with Crippen LogP contribution >= 0.6 is 0 Å². The van der Waals surface area contributed by atoms with Crippen molar-refractivity contribution in [1.29, 1.82) is 0 Å². The van der Waals surface area contributed by atoms with Gasteiger partial charge in [-0.2, -0.15) is 0 Å². The molecule has 1 unspecified atom stereocenters. The van der Waals surface area contributed by atoms with E-state index in [2.05, 4.69) is 217 Å². The average Bonchev–Trinajstić information content (AvgIpc) is 3.74. The van der Waals surface area contributed by atoms with Gasteiger partial charge in [-0.25, -0.2) is 0 Å². The van der Waals surface area contributed by atoms with Crippen LogP contribution in [0.1, 0.15) is 22.3 Å². The molecule has 2 aliphatic carbocycles. The average molecular weight is 710 g/mol. The molecule has 0 heterocycles. The Balaban J connectivity index is 1.10. The molecule has 0 N–H and O–H groups in total. The summed E-state index contributed by atoms with van der Waals surface area (Å²) in [7, 11) is 0. The summed E-state index contributed by atoms with van der Waals surface area (Å²) in [5.41, 5.74) is 16.1. The molecule has 10 aromatic carbocycles. The summed E-state index contributed by atoms with van der Waals surface area (Å²) in [4.78, 5) is 2.33.